The molecular weight excluding hydrogens is 1010 g/mol. The summed E-state index contributed by atoms with van der Waals surface area (Å²) in [5.74, 6) is -0.174. The highest BCUT2D eigenvalue weighted by Crippen LogP contribution is 2.23. The number of esters is 1. The van der Waals surface area contributed by atoms with Gasteiger partial charge >= 0.3 is 5.97 Å². The molecule has 1 heterocycles. The molecule has 0 radical (unpaired) electrons. The third-order valence-corrected chi connectivity index (χ3v) is 16.8. The van der Waals surface area contributed by atoms with Gasteiger partial charge in [0.15, 0.2) is 6.29 Å². The molecule has 0 spiro atoms. The molecule has 0 aromatic heterocycles. The van der Waals surface area contributed by atoms with Crippen molar-refractivity contribution in [3.8, 4) is 0 Å². The summed E-state index contributed by atoms with van der Waals surface area (Å²) in [4.78, 5) is 25.1. The zero-order chi connectivity index (χ0) is 58.7. The summed E-state index contributed by atoms with van der Waals surface area (Å²) in [6.07, 6.45) is 64.3. The largest absolute Gasteiger partial charge is 0.466 e. The van der Waals surface area contributed by atoms with E-state index in [1.54, 1.807) is 6.08 Å². The number of carbonyl (C=O) groups is 2. The molecule has 1 saturated heterocycles. The third-order valence-electron chi connectivity index (χ3n) is 16.8. The van der Waals surface area contributed by atoms with Crippen LogP contribution in [0.25, 0.3) is 0 Å². The lowest BCUT2D eigenvalue weighted by Crippen LogP contribution is -2.60. The van der Waals surface area contributed by atoms with Gasteiger partial charge in [-0.25, -0.2) is 0 Å². The highest BCUT2D eigenvalue weighted by Gasteiger charge is 2.44. The predicted molar refractivity (Wildman–Crippen MR) is 338 cm³/mol. The van der Waals surface area contributed by atoms with Gasteiger partial charge < -0.3 is 45.1 Å². The van der Waals surface area contributed by atoms with Crippen LogP contribution >= 0.6 is 0 Å². The monoisotopic (exact) mass is 1150 g/mol. The average Bonchev–Trinajstić information content (AvgIpc) is 3.50. The van der Waals surface area contributed by atoms with Crippen LogP contribution in [0.1, 0.15) is 348 Å². The number of hydrogen-bond acceptors (Lipinski definition) is 10. The summed E-state index contributed by atoms with van der Waals surface area (Å²) in [7, 11) is 0. The van der Waals surface area contributed by atoms with Gasteiger partial charge in [0, 0.05) is 12.8 Å². The van der Waals surface area contributed by atoms with E-state index in [0.29, 0.717) is 19.4 Å². The van der Waals surface area contributed by atoms with Crippen LogP contribution in [-0.2, 0) is 23.8 Å². The molecule has 1 aliphatic heterocycles. The molecule has 1 amide bonds. The number of unbranched alkanes of at least 4 members (excludes halogenated alkanes) is 46. The average molecular weight is 1150 g/mol. The quantitative estimate of drug-likeness (QED) is 0.0195. The molecule has 81 heavy (non-hydrogen) atoms. The molecule has 11 heteroatoms. The fourth-order valence-electron chi connectivity index (χ4n) is 11.3. The lowest BCUT2D eigenvalue weighted by atomic mass is 9.99. The molecule has 1 rings (SSSR count). The summed E-state index contributed by atoms with van der Waals surface area (Å²) in [6, 6.07) is -0.811. The molecule has 478 valence electrons. The second-order valence-electron chi connectivity index (χ2n) is 24.6. The number of aliphatic hydroxyl groups excluding tert-OH is 5. The van der Waals surface area contributed by atoms with Crippen molar-refractivity contribution < 1.29 is 49.3 Å². The van der Waals surface area contributed by atoms with Gasteiger partial charge in [0.25, 0.3) is 0 Å². The topological polar surface area (TPSA) is 175 Å². The van der Waals surface area contributed by atoms with Crippen LogP contribution in [0.5, 0.6) is 0 Å². The summed E-state index contributed by atoms with van der Waals surface area (Å²) in [6.45, 7) is 4.38. The van der Waals surface area contributed by atoms with E-state index in [4.69, 9.17) is 14.2 Å². The number of nitrogens with one attached hydrogen (secondary N) is 1. The van der Waals surface area contributed by atoms with E-state index < -0.39 is 49.5 Å². The van der Waals surface area contributed by atoms with E-state index in [2.05, 4.69) is 31.3 Å². The zero-order valence-electron chi connectivity index (χ0n) is 53.0. The molecule has 0 aromatic rings. The number of hydrogen-bond donors (Lipinski definition) is 6. The maximum absolute atomic E-state index is 13.1. The first-order chi connectivity index (χ1) is 39.7. The van der Waals surface area contributed by atoms with Crippen LogP contribution in [0, 0.1) is 0 Å². The van der Waals surface area contributed by atoms with E-state index in [1.165, 1.54) is 263 Å². The Hall–Kier alpha value is -1.86. The highest BCUT2D eigenvalue weighted by molar-refractivity contribution is 5.76. The first kappa shape index (κ1) is 77.2. The minimum absolute atomic E-state index is 0.00581. The van der Waals surface area contributed by atoms with Crippen molar-refractivity contribution in [2.45, 2.75) is 391 Å². The number of rotatable bonds is 62. The maximum Gasteiger partial charge on any atom is 0.305 e. The molecular formula is C70H133NO10. The standard InChI is InChI=1S/C70H133NO10/c1-3-5-7-9-11-13-15-16-30-33-37-40-44-48-52-56-63(73)62(61-80-70-69(78)68(77)67(76)64(60-72)81-70)71-65(74)57-53-49-45-41-38-34-31-28-26-24-22-20-18-17-19-21-23-25-27-29-32-35-39-43-47-51-55-59-79-66(75)58-54-50-46-42-36-14-12-10-8-6-4-2/h17-18,52,56,62-64,67-70,72-73,76-78H,3-16,19-51,53-55,57-61H2,1-2H3,(H,71,74)/b18-17-,56-52+. The van der Waals surface area contributed by atoms with Crippen LogP contribution in [-0.4, -0.2) is 100 Å². The Kier molecular flexibility index (Phi) is 57.0. The number of carbonyl (C=O) groups excluding carboxylic acids is 2. The Morgan fingerprint density at radius 1 is 0.444 bits per heavy atom. The highest BCUT2D eigenvalue weighted by atomic mass is 16.7. The Morgan fingerprint density at radius 2 is 0.790 bits per heavy atom. The Bertz CT molecular complexity index is 1390. The van der Waals surface area contributed by atoms with Gasteiger partial charge in [0.1, 0.15) is 24.4 Å². The SMILES string of the molecule is CCCCCCCCCCCCCCC/C=C/C(O)C(COC1OC(CO)C(O)C(O)C1O)NC(=O)CCCCCCCCCCCCC/C=C\CCCCCCCCCCCCCCOC(=O)CCCCCCCCCCCCC. The van der Waals surface area contributed by atoms with Crippen molar-refractivity contribution in [1.82, 2.24) is 5.32 Å². The first-order valence-corrected chi connectivity index (χ1v) is 35.1. The third kappa shape index (κ3) is 49.0. The van der Waals surface area contributed by atoms with Crippen LogP contribution < -0.4 is 5.32 Å². The molecule has 6 N–H and O–H groups in total. The van der Waals surface area contributed by atoms with Crippen LogP contribution in [0.3, 0.4) is 0 Å². The molecule has 0 saturated carbocycles. The summed E-state index contributed by atoms with van der Waals surface area (Å²) >= 11 is 0. The van der Waals surface area contributed by atoms with Crippen molar-refractivity contribution in [3.63, 3.8) is 0 Å². The molecule has 7 unspecified atom stereocenters. The van der Waals surface area contributed by atoms with Gasteiger partial charge in [0.2, 0.25) is 5.91 Å². The van der Waals surface area contributed by atoms with Crippen molar-refractivity contribution in [2.75, 3.05) is 19.8 Å². The molecule has 0 bridgehead atoms. The van der Waals surface area contributed by atoms with Gasteiger partial charge in [-0.1, -0.05) is 301 Å². The van der Waals surface area contributed by atoms with Crippen molar-refractivity contribution in [3.05, 3.63) is 24.3 Å². The maximum atomic E-state index is 13.1. The Labute approximate surface area is 499 Å². The molecule has 1 aliphatic rings. The fraction of sp³-hybridized carbons (Fsp3) is 0.914. The van der Waals surface area contributed by atoms with E-state index in [-0.39, 0.29) is 18.5 Å². The van der Waals surface area contributed by atoms with E-state index in [1.807, 2.05) is 6.08 Å². The van der Waals surface area contributed by atoms with E-state index in [0.717, 1.165) is 57.8 Å². The number of amides is 1. The number of aliphatic hydroxyl groups is 5. The number of ether oxygens (including phenoxy) is 3. The van der Waals surface area contributed by atoms with Crippen LogP contribution in [0.4, 0.5) is 0 Å². The minimum Gasteiger partial charge on any atom is -0.466 e. The zero-order valence-corrected chi connectivity index (χ0v) is 53.0. The predicted octanol–water partition coefficient (Wildman–Crippen LogP) is 17.6. The molecule has 7 atom stereocenters. The van der Waals surface area contributed by atoms with Crippen LogP contribution in [0.15, 0.2) is 24.3 Å². The smallest absolute Gasteiger partial charge is 0.305 e. The van der Waals surface area contributed by atoms with Gasteiger partial charge in [-0.2, -0.15) is 0 Å². The van der Waals surface area contributed by atoms with E-state index >= 15 is 0 Å². The molecule has 1 fully saturated rings. The lowest BCUT2D eigenvalue weighted by Gasteiger charge is -2.40. The molecule has 11 nitrogen and oxygen atoms in total. The van der Waals surface area contributed by atoms with Gasteiger partial charge in [-0.3, -0.25) is 9.59 Å². The lowest BCUT2D eigenvalue weighted by molar-refractivity contribution is -0.302. The summed E-state index contributed by atoms with van der Waals surface area (Å²) < 4.78 is 16.8. The second kappa shape index (κ2) is 59.9. The first-order valence-electron chi connectivity index (χ1n) is 35.1. The van der Waals surface area contributed by atoms with Crippen LogP contribution in [0.2, 0.25) is 0 Å². The molecule has 0 aliphatic carbocycles. The summed E-state index contributed by atoms with van der Waals surface area (Å²) in [5.41, 5.74) is 0. The fourth-order valence-corrected chi connectivity index (χ4v) is 11.3. The van der Waals surface area contributed by atoms with Gasteiger partial charge in [0.05, 0.1) is 32.0 Å². The Balaban J connectivity index is 2.02. The Morgan fingerprint density at radius 3 is 1.19 bits per heavy atom. The van der Waals surface area contributed by atoms with Crippen molar-refractivity contribution in [2.24, 2.45) is 0 Å². The minimum atomic E-state index is -1.57. The second-order valence-corrected chi connectivity index (χ2v) is 24.6. The number of allylic oxidation sites excluding steroid dienone is 3. The van der Waals surface area contributed by atoms with E-state index in [9.17, 15) is 35.1 Å². The summed E-state index contributed by atoms with van der Waals surface area (Å²) in [5, 5.41) is 54.6. The van der Waals surface area contributed by atoms with Gasteiger partial charge in [-0.05, 0) is 57.8 Å². The van der Waals surface area contributed by atoms with Crippen molar-refractivity contribution in [1.29, 1.82) is 0 Å². The normalized spacial score (nSPS) is 18.3. The van der Waals surface area contributed by atoms with Crippen molar-refractivity contribution >= 4 is 11.9 Å². The van der Waals surface area contributed by atoms with Gasteiger partial charge in [-0.15, -0.1) is 0 Å². The molecule has 0 aromatic carbocycles.